The molecular weight excluding hydrogens is 365 g/mol. The number of likely N-dealkylation sites (N-methyl/N-ethyl adjacent to an activating group) is 1. The Morgan fingerprint density at radius 1 is 1.11 bits per heavy atom. The summed E-state index contributed by atoms with van der Waals surface area (Å²) in [6, 6.07) is 9.17. The van der Waals surface area contributed by atoms with Crippen LogP contribution in [0.1, 0.15) is 5.82 Å². The molecule has 148 valence electrons. The van der Waals surface area contributed by atoms with Crippen molar-refractivity contribution < 1.29 is 18.6 Å². The molecule has 0 saturated heterocycles. The number of H-pyrrole nitrogens is 1. The zero-order valence-electron chi connectivity index (χ0n) is 16.0. The first-order chi connectivity index (χ1) is 13.5. The molecule has 1 N–H and O–H groups in total. The minimum Gasteiger partial charge on any atom is -0.493 e. The summed E-state index contributed by atoms with van der Waals surface area (Å²) in [6.07, 6.45) is 0. The van der Waals surface area contributed by atoms with Crippen LogP contribution in [-0.2, 0) is 6.54 Å². The Bertz CT molecular complexity index is 1000. The molecule has 8 heteroatoms. The number of nitrogens with zero attached hydrogens (tertiary/aromatic N) is 2. The second kappa shape index (κ2) is 8.71. The number of hydrogen-bond donors (Lipinski definition) is 1. The molecule has 0 bridgehead atoms. The van der Waals surface area contributed by atoms with Crippen molar-refractivity contribution in [3.8, 4) is 17.2 Å². The van der Waals surface area contributed by atoms with Gasteiger partial charge in [0.15, 0.2) is 11.5 Å². The lowest BCUT2D eigenvalue weighted by Crippen LogP contribution is -2.26. The summed E-state index contributed by atoms with van der Waals surface area (Å²) in [4.78, 5) is 21.7. The van der Waals surface area contributed by atoms with Gasteiger partial charge in [0.25, 0.3) is 5.56 Å². The van der Waals surface area contributed by atoms with E-state index in [2.05, 4.69) is 9.97 Å². The molecule has 0 radical (unpaired) electrons. The van der Waals surface area contributed by atoms with Gasteiger partial charge in [-0.2, -0.15) is 0 Å². The number of nitrogens with one attached hydrogen (secondary N) is 1. The van der Waals surface area contributed by atoms with Gasteiger partial charge in [0, 0.05) is 12.6 Å². The quantitative estimate of drug-likeness (QED) is 0.640. The van der Waals surface area contributed by atoms with Crippen molar-refractivity contribution in [3.63, 3.8) is 0 Å². The second-order valence-corrected chi connectivity index (χ2v) is 6.28. The molecule has 0 unspecified atom stereocenters. The number of aromatic nitrogens is 2. The van der Waals surface area contributed by atoms with Gasteiger partial charge in [-0.1, -0.05) is 0 Å². The van der Waals surface area contributed by atoms with E-state index in [0.717, 1.165) is 0 Å². The summed E-state index contributed by atoms with van der Waals surface area (Å²) in [5.74, 6) is 1.83. The van der Waals surface area contributed by atoms with Crippen LogP contribution in [-0.4, -0.2) is 49.3 Å². The fourth-order valence-corrected chi connectivity index (χ4v) is 2.77. The van der Waals surface area contributed by atoms with E-state index in [1.54, 1.807) is 24.3 Å². The molecule has 0 atom stereocenters. The zero-order chi connectivity index (χ0) is 20.1. The summed E-state index contributed by atoms with van der Waals surface area (Å²) >= 11 is 0. The van der Waals surface area contributed by atoms with Gasteiger partial charge in [-0.25, -0.2) is 9.37 Å². The summed E-state index contributed by atoms with van der Waals surface area (Å²) < 4.78 is 29.0. The third-order valence-corrected chi connectivity index (χ3v) is 4.23. The van der Waals surface area contributed by atoms with Gasteiger partial charge >= 0.3 is 0 Å². The van der Waals surface area contributed by atoms with E-state index in [4.69, 9.17) is 14.2 Å². The number of methoxy groups -OCH3 is 2. The monoisotopic (exact) mass is 387 g/mol. The van der Waals surface area contributed by atoms with Crippen LogP contribution < -0.4 is 19.8 Å². The molecule has 0 saturated carbocycles. The van der Waals surface area contributed by atoms with E-state index in [1.807, 2.05) is 11.9 Å². The minimum absolute atomic E-state index is 0.239. The summed E-state index contributed by atoms with van der Waals surface area (Å²) in [7, 11) is 4.95. The van der Waals surface area contributed by atoms with Crippen LogP contribution in [0, 0.1) is 5.82 Å². The first kappa shape index (κ1) is 19.6. The predicted octanol–water partition coefficient (Wildman–Crippen LogP) is 2.59. The van der Waals surface area contributed by atoms with Crippen LogP contribution >= 0.6 is 0 Å². The molecular formula is C20H22FN3O4. The van der Waals surface area contributed by atoms with Gasteiger partial charge in [0.1, 0.15) is 24.0 Å². The van der Waals surface area contributed by atoms with Crippen molar-refractivity contribution >= 4 is 10.9 Å². The molecule has 3 aromatic rings. The lowest BCUT2D eigenvalue weighted by molar-refractivity contribution is 0.229. The largest absolute Gasteiger partial charge is 0.493 e. The van der Waals surface area contributed by atoms with E-state index in [9.17, 15) is 9.18 Å². The first-order valence-corrected chi connectivity index (χ1v) is 8.72. The molecule has 3 rings (SSSR count). The first-order valence-electron chi connectivity index (χ1n) is 8.72. The highest BCUT2D eigenvalue weighted by Crippen LogP contribution is 2.29. The van der Waals surface area contributed by atoms with Crippen LogP contribution in [0.5, 0.6) is 17.2 Å². The Morgan fingerprint density at radius 2 is 1.79 bits per heavy atom. The van der Waals surface area contributed by atoms with E-state index in [1.165, 1.54) is 26.4 Å². The van der Waals surface area contributed by atoms with E-state index in [-0.39, 0.29) is 11.4 Å². The van der Waals surface area contributed by atoms with E-state index in [0.29, 0.717) is 53.7 Å². The van der Waals surface area contributed by atoms with Crippen LogP contribution in [0.25, 0.3) is 10.9 Å². The number of aromatic amines is 1. The van der Waals surface area contributed by atoms with Crippen molar-refractivity contribution in [1.82, 2.24) is 14.9 Å². The Kier molecular flexibility index (Phi) is 6.10. The van der Waals surface area contributed by atoms with Crippen molar-refractivity contribution in [2.75, 3.05) is 34.4 Å². The van der Waals surface area contributed by atoms with Crippen LogP contribution in [0.2, 0.25) is 0 Å². The van der Waals surface area contributed by atoms with Gasteiger partial charge in [-0.05, 0) is 37.4 Å². The van der Waals surface area contributed by atoms with Gasteiger partial charge in [0.2, 0.25) is 0 Å². The number of ether oxygens (including phenoxy) is 3. The molecule has 1 aromatic heterocycles. The molecule has 0 aliphatic carbocycles. The lowest BCUT2D eigenvalue weighted by Gasteiger charge is -2.17. The smallest absolute Gasteiger partial charge is 0.258 e. The highest BCUT2D eigenvalue weighted by Gasteiger charge is 2.12. The molecule has 0 fully saturated rings. The van der Waals surface area contributed by atoms with Gasteiger partial charge in [-0.15, -0.1) is 0 Å². The maximum atomic E-state index is 12.9. The van der Waals surface area contributed by atoms with Crippen LogP contribution in [0.4, 0.5) is 4.39 Å². The molecule has 0 amide bonds. The van der Waals surface area contributed by atoms with Crippen LogP contribution in [0.3, 0.4) is 0 Å². The van der Waals surface area contributed by atoms with Gasteiger partial charge < -0.3 is 19.2 Å². The fourth-order valence-electron chi connectivity index (χ4n) is 2.77. The van der Waals surface area contributed by atoms with Crippen molar-refractivity contribution in [2.45, 2.75) is 6.54 Å². The Balaban J connectivity index is 1.67. The summed E-state index contributed by atoms with van der Waals surface area (Å²) in [6.45, 7) is 1.46. The van der Waals surface area contributed by atoms with Gasteiger partial charge in [0.05, 0.1) is 31.7 Å². The average molecular weight is 387 g/mol. The molecule has 0 aliphatic rings. The number of benzene rings is 2. The van der Waals surface area contributed by atoms with E-state index < -0.39 is 0 Å². The van der Waals surface area contributed by atoms with Crippen molar-refractivity contribution in [1.29, 1.82) is 0 Å². The maximum Gasteiger partial charge on any atom is 0.258 e. The van der Waals surface area contributed by atoms with Crippen molar-refractivity contribution in [3.05, 3.63) is 58.4 Å². The van der Waals surface area contributed by atoms with Gasteiger partial charge in [-0.3, -0.25) is 9.69 Å². The SMILES string of the molecule is COc1cc2nc(CN(C)CCOc3ccc(F)cc3)[nH]c(=O)c2cc1OC. The normalized spacial score (nSPS) is 11.0. The fraction of sp³-hybridized carbons (Fsp3) is 0.300. The second-order valence-electron chi connectivity index (χ2n) is 6.28. The minimum atomic E-state index is -0.301. The van der Waals surface area contributed by atoms with Crippen molar-refractivity contribution in [2.24, 2.45) is 0 Å². The summed E-state index contributed by atoms with van der Waals surface area (Å²) in [5, 5.41) is 0.434. The maximum absolute atomic E-state index is 12.9. The molecule has 7 nitrogen and oxygen atoms in total. The number of rotatable bonds is 8. The molecule has 28 heavy (non-hydrogen) atoms. The predicted molar refractivity (Wildman–Crippen MR) is 104 cm³/mol. The number of fused-ring (bicyclic) bond motifs is 1. The lowest BCUT2D eigenvalue weighted by atomic mass is 10.2. The highest BCUT2D eigenvalue weighted by molar-refractivity contribution is 5.81. The molecule has 0 aliphatic heterocycles. The third kappa shape index (κ3) is 4.58. The average Bonchev–Trinajstić information content (AvgIpc) is 2.68. The Hall–Kier alpha value is -3.13. The number of halogens is 1. The topological polar surface area (TPSA) is 76.7 Å². The van der Waals surface area contributed by atoms with E-state index >= 15 is 0 Å². The molecule has 1 heterocycles. The third-order valence-electron chi connectivity index (χ3n) is 4.23. The highest BCUT2D eigenvalue weighted by atomic mass is 19.1. The Labute approximate surface area is 161 Å². The number of hydrogen-bond acceptors (Lipinski definition) is 6. The molecule has 0 spiro atoms. The molecule has 2 aromatic carbocycles. The standard InChI is InChI=1S/C20H22FN3O4/c1-24(8-9-28-14-6-4-13(21)5-7-14)12-19-22-16-11-18(27-3)17(26-2)10-15(16)20(25)23-19/h4-7,10-11H,8-9,12H2,1-3H3,(H,22,23,25). The zero-order valence-corrected chi connectivity index (χ0v) is 16.0. The van der Waals surface area contributed by atoms with Crippen LogP contribution in [0.15, 0.2) is 41.2 Å². The Morgan fingerprint density at radius 3 is 2.46 bits per heavy atom. The summed E-state index contributed by atoms with van der Waals surface area (Å²) in [5.41, 5.74) is 0.296.